The molecule has 0 aliphatic rings. The summed E-state index contributed by atoms with van der Waals surface area (Å²) in [5, 5.41) is 7.75. The van der Waals surface area contributed by atoms with Gasteiger partial charge < -0.3 is 10.6 Å². The van der Waals surface area contributed by atoms with Crippen LogP contribution in [0, 0.1) is 0 Å². The summed E-state index contributed by atoms with van der Waals surface area (Å²) in [7, 11) is 0. The van der Waals surface area contributed by atoms with Gasteiger partial charge in [0.2, 0.25) is 11.8 Å². The van der Waals surface area contributed by atoms with Crippen molar-refractivity contribution in [1.29, 1.82) is 0 Å². The molecule has 0 fully saturated rings. The molecule has 2 N–H and O–H groups in total. The van der Waals surface area contributed by atoms with Gasteiger partial charge in [0.15, 0.2) is 0 Å². The molecule has 1 unspecified atom stereocenters. The summed E-state index contributed by atoms with van der Waals surface area (Å²) >= 11 is 1.66. The van der Waals surface area contributed by atoms with Gasteiger partial charge in [-0.15, -0.1) is 11.3 Å². The third-order valence-corrected chi connectivity index (χ3v) is 3.86. The molecule has 0 saturated heterocycles. The van der Waals surface area contributed by atoms with Crippen molar-refractivity contribution >= 4 is 23.2 Å². The van der Waals surface area contributed by atoms with Crippen LogP contribution in [-0.4, -0.2) is 18.4 Å². The Labute approximate surface area is 118 Å². The van der Waals surface area contributed by atoms with Crippen LogP contribution in [0.3, 0.4) is 0 Å². The number of nitrogens with one attached hydrogen (secondary N) is 2. The predicted molar refractivity (Wildman–Crippen MR) is 78.0 cm³/mol. The average Bonchev–Trinajstić information content (AvgIpc) is 2.87. The first-order valence-electron chi connectivity index (χ1n) is 6.67. The molecule has 106 valence electrons. The second-order valence-electron chi connectivity index (χ2n) is 4.60. The van der Waals surface area contributed by atoms with Crippen LogP contribution < -0.4 is 10.6 Å². The normalized spacial score (nSPS) is 11.9. The molecular formula is C14H22N2O2S. The fourth-order valence-corrected chi connectivity index (χ4v) is 2.51. The van der Waals surface area contributed by atoms with Crippen LogP contribution in [0.4, 0.5) is 0 Å². The van der Waals surface area contributed by atoms with Gasteiger partial charge in [-0.3, -0.25) is 9.59 Å². The van der Waals surface area contributed by atoms with E-state index in [-0.39, 0.29) is 17.9 Å². The van der Waals surface area contributed by atoms with Crippen molar-refractivity contribution in [3.8, 4) is 0 Å². The zero-order valence-electron chi connectivity index (χ0n) is 11.6. The number of hydrogen-bond acceptors (Lipinski definition) is 3. The van der Waals surface area contributed by atoms with Crippen molar-refractivity contribution in [2.45, 2.75) is 45.6 Å². The quantitative estimate of drug-likeness (QED) is 0.720. The van der Waals surface area contributed by atoms with Gasteiger partial charge in [-0.25, -0.2) is 0 Å². The Balaban J connectivity index is 2.06. The van der Waals surface area contributed by atoms with Gasteiger partial charge >= 0.3 is 0 Å². The van der Waals surface area contributed by atoms with Crippen LogP contribution in [0.15, 0.2) is 17.5 Å². The minimum Gasteiger partial charge on any atom is -0.356 e. The first-order valence-corrected chi connectivity index (χ1v) is 7.54. The van der Waals surface area contributed by atoms with Gasteiger partial charge in [-0.2, -0.15) is 0 Å². The monoisotopic (exact) mass is 282 g/mol. The molecule has 0 saturated carbocycles. The summed E-state index contributed by atoms with van der Waals surface area (Å²) in [5.41, 5.74) is 0. The topological polar surface area (TPSA) is 58.2 Å². The van der Waals surface area contributed by atoms with E-state index >= 15 is 0 Å². The number of unbranched alkanes of at least 4 members (excludes halogenated alkanes) is 2. The summed E-state index contributed by atoms with van der Waals surface area (Å²) in [5.74, 6) is 0.0999. The smallest absolute Gasteiger partial charge is 0.220 e. The SMILES string of the molecule is CC(=O)NCCCCCC(=O)NC(C)c1cccs1. The van der Waals surface area contributed by atoms with Gasteiger partial charge in [-0.05, 0) is 31.2 Å². The van der Waals surface area contributed by atoms with Crippen molar-refractivity contribution in [1.82, 2.24) is 10.6 Å². The average molecular weight is 282 g/mol. The lowest BCUT2D eigenvalue weighted by atomic mass is 10.1. The van der Waals surface area contributed by atoms with E-state index in [1.807, 2.05) is 24.4 Å². The zero-order chi connectivity index (χ0) is 14.1. The molecule has 0 aliphatic carbocycles. The predicted octanol–water partition coefficient (Wildman–Crippen LogP) is 2.62. The Bertz CT molecular complexity index is 390. The van der Waals surface area contributed by atoms with Crippen molar-refractivity contribution in [3.63, 3.8) is 0 Å². The van der Waals surface area contributed by atoms with E-state index < -0.39 is 0 Å². The third kappa shape index (κ3) is 6.96. The van der Waals surface area contributed by atoms with E-state index in [2.05, 4.69) is 10.6 Å². The van der Waals surface area contributed by atoms with Crippen LogP contribution in [-0.2, 0) is 9.59 Å². The van der Waals surface area contributed by atoms with E-state index in [4.69, 9.17) is 0 Å². The Kier molecular flexibility index (Phi) is 7.18. The number of amides is 2. The Morgan fingerprint density at radius 1 is 1.32 bits per heavy atom. The Hall–Kier alpha value is -1.36. The molecule has 5 heteroatoms. The van der Waals surface area contributed by atoms with Gasteiger partial charge in [0, 0.05) is 24.8 Å². The van der Waals surface area contributed by atoms with Crippen LogP contribution in [0.5, 0.6) is 0 Å². The second-order valence-corrected chi connectivity index (χ2v) is 5.58. The van der Waals surface area contributed by atoms with Crippen molar-refractivity contribution < 1.29 is 9.59 Å². The molecule has 1 rings (SSSR count). The lowest BCUT2D eigenvalue weighted by Gasteiger charge is -2.12. The molecule has 1 atom stereocenters. The largest absolute Gasteiger partial charge is 0.356 e. The number of carbonyl (C=O) groups is 2. The first kappa shape index (κ1) is 15.7. The number of hydrogen-bond donors (Lipinski definition) is 2. The summed E-state index contributed by atoms with van der Waals surface area (Å²) in [6, 6.07) is 4.11. The molecule has 19 heavy (non-hydrogen) atoms. The first-order chi connectivity index (χ1) is 9.09. The van der Waals surface area contributed by atoms with Crippen molar-refractivity contribution in [2.75, 3.05) is 6.54 Å². The number of rotatable bonds is 8. The van der Waals surface area contributed by atoms with E-state index in [9.17, 15) is 9.59 Å². The van der Waals surface area contributed by atoms with Gasteiger partial charge in [0.05, 0.1) is 6.04 Å². The van der Waals surface area contributed by atoms with Crippen LogP contribution in [0.1, 0.15) is 50.4 Å². The minimum atomic E-state index is 0.00233. The van der Waals surface area contributed by atoms with Gasteiger partial charge in [-0.1, -0.05) is 12.5 Å². The molecule has 0 aromatic carbocycles. The molecule has 0 spiro atoms. The highest BCUT2D eigenvalue weighted by Crippen LogP contribution is 2.18. The maximum absolute atomic E-state index is 11.7. The van der Waals surface area contributed by atoms with E-state index in [0.717, 1.165) is 19.3 Å². The minimum absolute atomic E-state index is 0.00233. The van der Waals surface area contributed by atoms with Crippen LogP contribution in [0.25, 0.3) is 0 Å². The fourth-order valence-electron chi connectivity index (χ4n) is 1.77. The van der Waals surface area contributed by atoms with Gasteiger partial charge in [0.25, 0.3) is 0 Å². The molecule has 1 aromatic rings. The molecule has 0 aliphatic heterocycles. The standard InChI is InChI=1S/C14H22N2O2S/c1-11(13-7-6-10-19-13)16-14(18)8-4-3-5-9-15-12(2)17/h6-7,10-11H,3-5,8-9H2,1-2H3,(H,15,17)(H,16,18). The highest BCUT2D eigenvalue weighted by atomic mass is 32.1. The molecule has 0 bridgehead atoms. The summed E-state index contributed by atoms with van der Waals surface area (Å²) in [4.78, 5) is 23.5. The van der Waals surface area contributed by atoms with E-state index in [1.165, 1.54) is 11.8 Å². The molecule has 4 nitrogen and oxygen atoms in total. The zero-order valence-corrected chi connectivity index (χ0v) is 12.4. The Morgan fingerprint density at radius 2 is 2.11 bits per heavy atom. The number of carbonyl (C=O) groups excluding carboxylic acids is 2. The molecule has 1 aromatic heterocycles. The maximum Gasteiger partial charge on any atom is 0.220 e. The van der Waals surface area contributed by atoms with E-state index in [0.29, 0.717) is 13.0 Å². The van der Waals surface area contributed by atoms with Crippen LogP contribution >= 0.6 is 11.3 Å². The van der Waals surface area contributed by atoms with E-state index in [1.54, 1.807) is 11.3 Å². The summed E-state index contributed by atoms with van der Waals surface area (Å²) < 4.78 is 0. The highest BCUT2D eigenvalue weighted by molar-refractivity contribution is 7.10. The highest BCUT2D eigenvalue weighted by Gasteiger charge is 2.09. The lowest BCUT2D eigenvalue weighted by molar-refractivity contribution is -0.122. The number of thiophene rings is 1. The molecular weight excluding hydrogens is 260 g/mol. The second kappa shape index (κ2) is 8.69. The fraction of sp³-hybridized carbons (Fsp3) is 0.571. The summed E-state index contributed by atoms with van der Waals surface area (Å²) in [6.45, 7) is 4.21. The van der Waals surface area contributed by atoms with Crippen molar-refractivity contribution in [2.24, 2.45) is 0 Å². The lowest BCUT2D eigenvalue weighted by Crippen LogP contribution is -2.25. The molecule has 0 radical (unpaired) electrons. The van der Waals surface area contributed by atoms with Gasteiger partial charge in [0.1, 0.15) is 0 Å². The summed E-state index contributed by atoms with van der Waals surface area (Å²) in [6.07, 6.45) is 3.30. The molecule has 2 amide bonds. The maximum atomic E-state index is 11.7. The third-order valence-electron chi connectivity index (χ3n) is 2.80. The van der Waals surface area contributed by atoms with Crippen molar-refractivity contribution in [3.05, 3.63) is 22.4 Å². The Morgan fingerprint density at radius 3 is 2.74 bits per heavy atom. The molecule has 1 heterocycles. The van der Waals surface area contributed by atoms with Crippen LogP contribution in [0.2, 0.25) is 0 Å².